The number of piperidine rings is 1. The normalized spacial score (nSPS) is 36.2. The molecule has 76 heavy (non-hydrogen) atoms. The minimum Gasteiger partial charge on any atom is -0.460 e. The number of nitrogens with zero attached hydrogens (tertiary/aromatic N) is 3. The summed E-state index contributed by atoms with van der Waals surface area (Å²) in [5.41, 5.74) is 0.812. The summed E-state index contributed by atoms with van der Waals surface area (Å²) in [6.45, 7) is 15.3. The molecule has 0 aromatic heterocycles. The molecule has 0 aromatic rings. The number of hydroxylamine groups is 4. The zero-order chi connectivity index (χ0) is 56.8. The van der Waals surface area contributed by atoms with Gasteiger partial charge in [-0.25, -0.2) is 14.4 Å². The van der Waals surface area contributed by atoms with E-state index in [1.54, 1.807) is 78.8 Å². The van der Waals surface area contributed by atoms with Crippen molar-refractivity contribution in [2.45, 2.75) is 194 Å². The number of fused-ring (bicyclic) bond motifs is 3. The maximum atomic E-state index is 14.6. The quantitative estimate of drug-likeness (QED) is 0.0608. The first-order valence-electron chi connectivity index (χ1n) is 27.0. The molecule has 4 aliphatic rings. The number of aliphatic hydroxyl groups is 2. The Morgan fingerprint density at radius 1 is 0.882 bits per heavy atom. The number of hydrogen-bond acceptors (Lipinski definition) is 18. The van der Waals surface area contributed by atoms with Crippen LogP contribution in [0.1, 0.15) is 139 Å². The molecule has 1 saturated carbocycles. The van der Waals surface area contributed by atoms with Crippen LogP contribution in [0.25, 0.3) is 0 Å². The highest BCUT2D eigenvalue weighted by molar-refractivity contribution is 6.39. The van der Waals surface area contributed by atoms with E-state index in [2.05, 4.69) is 0 Å². The van der Waals surface area contributed by atoms with E-state index in [-0.39, 0.29) is 62.1 Å². The Balaban J connectivity index is 1.75. The molecule has 0 spiro atoms. The molecule has 0 unspecified atom stereocenters. The summed E-state index contributed by atoms with van der Waals surface area (Å²) in [5, 5.41) is 45.3. The first-order valence-corrected chi connectivity index (χ1v) is 27.0. The largest absolute Gasteiger partial charge is 0.460 e. The van der Waals surface area contributed by atoms with Gasteiger partial charge in [-0.3, -0.25) is 29.6 Å². The van der Waals surface area contributed by atoms with Crippen molar-refractivity contribution in [2.75, 3.05) is 27.8 Å². The molecule has 0 radical (unpaired) electrons. The summed E-state index contributed by atoms with van der Waals surface area (Å²) >= 11 is 0. The van der Waals surface area contributed by atoms with Crippen molar-refractivity contribution in [1.29, 1.82) is 0 Å². The summed E-state index contributed by atoms with van der Waals surface area (Å²) in [4.78, 5) is 104. The molecule has 15 atom stereocenters. The smallest absolute Gasteiger partial charge is 0.434 e. The summed E-state index contributed by atoms with van der Waals surface area (Å²) in [6.07, 6.45) is 6.92. The molecule has 428 valence electrons. The fourth-order valence-electron chi connectivity index (χ4n) is 11.0. The molecule has 20 heteroatoms. The summed E-state index contributed by atoms with van der Waals surface area (Å²) in [5.74, 6) is -10.8. The zero-order valence-electron chi connectivity index (χ0n) is 46.8. The van der Waals surface area contributed by atoms with E-state index >= 15 is 0 Å². The maximum Gasteiger partial charge on any atom is 0.434 e. The van der Waals surface area contributed by atoms with Gasteiger partial charge in [0.2, 0.25) is 5.79 Å². The monoisotopic (exact) mass is 1070 g/mol. The first kappa shape index (κ1) is 63.9. The second kappa shape index (κ2) is 29.3. The third-order valence-electron chi connectivity index (χ3n) is 15.6. The maximum absolute atomic E-state index is 14.6. The second-order valence-corrected chi connectivity index (χ2v) is 22.1. The highest BCUT2D eigenvalue weighted by Crippen LogP contribution is 2.39. The van der Waals surface area contributed by atoms with E-state index in [0.717, 1.165) is 4.90 Å². The Bertz CT molecular complexity index is 2140. The van der Waals surface area contributed by atoms with Crippen molar-refractivity contribution in [3.8, 4) is 0 Å². The lowest BCUT2D eigenvalue weighted by Gasteiger charge is -2.43. The standard InChI is InChI=1S/C56H87N3O17/c1-32(2)73-55(67)59(70)44-30-41-23-21-39(9)56(68,75-41)51(63)52(64)58-25-17-16-20-43(58)54(66)74-46(36(6)28-40-22-24-42(47(29-40)71-11)53(65)76-57(10)69)31-45(60)35(5)27-38(8)49(62)50(72-12)48(61)37(7)26-33(3)18-14-13-15-19-34(44)4/h13-15,18-19,27,32-33,35-37,39-44,46-47,49-50,62,68-70H,16-17,20-26,28-31H2,1-12H3/b15-13+,18-14-,34-19+,38-27+/t33-,35-,36-,37-,39-,40+,41+,42-,43+,44-,46+,47-,49-,50+,56-/m1/s1. The molecule has 3 aliphatic heterocycles. The number of carbonyl (C=O) groups excluding carboxylic acids is 7. The summed E-state index contributed by atoms with van der Waals surface area (Å²) in [6, 6.07) is -2.34. The van der Waals surface area contributed by atoms with Gasteiger partial charge < -0.3 is 43.6 Å². The molecule has 20 nitrogen and oxygen atoms in total. The molecular formula is C56H87N3O17. The van der Waals surface area contributed by atoms with Crippen LogP contribution in [0.5, 0.6) is 0 Å². The van der Waals surface area contributed by atoms with Gasteiger partial charge in [0.1, 0.15) is 30.1 Å². The van der Waals surface area contributed by atoms with Gasteiger partial charge in [-0.1, -0.05) is 71.1 Å². The fraction of sp³-hybridized carbons (Fsp3) is 0.732. The molecule has 2 bridgehead atoms. The number of allylic oxidation sites excluding steroid dienone is 6. The van der Waals surface area contributed by atoms with Gasteiger partial charge >= 0.3 is 18.0 Å². The minimum absolute atomic E-state index is 0.0220. The second-order valence-electron chi connectivity index (χ2n) is 22.1. The van der Waals surface area contributed by atoms with Crippen molar-refractivity contribution in [2.24, 2.45) is 41.4 Å². The molecule has 2 saturated heterocycles. The van der Waals surface area contributed by atoms with Crippen LogP contribution in [-0.4, -0.2) is 159 Å². The topological polar surface area (TPSA) is 266 Å². The van der Waals surface area contributed by atoms with E-state index in [4.69, 9.17) is 28.5 Å². The average molecular weight is 1070 g/mol. The van der Waals surface area contributed by atoms with Gasteiger partial charge in [0.05, 0.1) is 37.3 Å². The number of rotatable bonds is 9. The van der Waals surface area contributed by atoms with Gasteiger partial charge in [0, 0.05) is 51.4 Å². The lowest BCUT2D eigenvalue weighted by atomic mass is 9.75. The number of carbonyl (C=O) groups is 7. The van der Waals surface area contributed by atoms with E-state index in [1.807, 2.05) is 19.9 Å². The van der Waals surface area contributed by atoms with Crippen LogP contribution in [0.2, 0.25) is 0 Å². The van der Waals surface area contributed by atoms with Crippen molar-refractivity contribution in [1.82, 2.24) is 15.2 Å². The zero-order valence-corrected chi connectivity index (χ0v) is 46.8. The Morgan fingerprint density at radius 3 is 2.22 bits per heavy atom. The molecule has 4 rings (SSSR count). The molecule has 2 amide bonds. The molecule has 0 aromatic carbocycles. The number of ketones is 3. The molecular weight excluding hydrogens is 987 g/mol. The molecule has 1 aliphatic carbocycles. The van der Waals surface area contributed by atoms with Crippen LogP contribution in [0, 0.1) is 41.4 Å². The lowest BCUT2D eigenvalue weighted by Crippen LogP contribution is -2.61. The van der Waals surface area contributed by atoms with Crippen LogP contribution in [-0.2, 0) is 57.3 Å². The summed E-state index contributed by atoms with van der Waals surface area (Å²) in [7, 11) is 3.99. The number of esters is 1. The third-order valence-corrected chi connectivity index (χ3v) is 15.6. The van der Waals surface area contributed by atoms with Gasteiger partial charge in [-0.05, 0) is 126 Å². The molecule has 3 heterocycles. The van der Waals surface area contributed by atoms with E-state index in [0.29, 0.717) is 66.4 Å². The van der Waals surface area contributed by atoms with Crippen LogP contribution in [0.3, 0.4) is 0 Å². The molecule has 3 fully saturated rings. The minimum atomic E-state index is -2.65. The fourth-order valence-corrected chi connectivity index (χ4v) is 11.0. The number of ether oxygens (including phenoxy) is 5. The van der Waals surface area contributed by atoms with Crippen LogP contribution < -0.4 is 0 Å². The van der Waals surface area contributed by atoms with Gasteiger partial charge in [-0.15, -0.1) is 0 Å². The highest BCUT2D eigenvalue weighted by atomic mass is 16.9. The van der Waals surface area contributed by atoms with E-state index < -0.39 is 114 Å². The number of hydrogen-bond donors (Lipinski definition) is 4. The third kappa shape index (κ3) is 17.2. The Kier molecular flexibility index (Phi) is 24.7. The van der Waals surface area contributed by atoms with E-state index in [1.165, 1.54) is 21.3 Å². The SMILES string of the molecule is CO[C@@H]1C[C@H](C[C@@H](C)[C@@H]2CC(=O)[C@H](C)/C=C(\C)[C@@H](O)[C@@H](OC)C(=O)[C@H](C)C[C@H](C)\C=C/C=C/C=C(\C)[C@H](N(O)C(=O)OC(C)C)C[C@@H]3CC[C@@H](C)[C@@](O)(O3)C(=O)C(=O)N3CCCC[C@H]3C(=O)O2)CC[C@H]1C(=O)ON(C)O. The van der Waals surface area contributed by atoms with Crippen molar-refractivity contribution < 1.29 is 82.7 Å². The van der Waals surface area contributed by atoms with Crippen LogP contribution in [0.15, 0.2) is 47.6 Å². The van der Waals surface area contributed by atoms with Crippen LogP contribution >= 0.6 is 0 Å². The van der Waals surface area contributed by atoms with Crippen molar-refractivity contribution >= 4 is 41.3 Å². The predicted octanol–water partition coefficient (Wildman–Crippen LogP) is 6.80. The molecule has 4 N–H and O–H groups in total. The van der Waals surface area contributed by atoms with Crippen molar-refractivity contribution in [3.05, 3.63) is 47.6 Å². The number of aliphatic hydroxyl groups excluding tert-OH is 1. The highest BCUT2D eigenvalue weighted by Gasteiger charge is 2.53. The average Bonchev–Trinajstić information content (AvgIpc) is 3.37. The van der Waals surface area contributed by atoms with Gasteiger partial charge in [0.25, 0.3) is 11.7 Å². The Labute approximate surface area is 448 Å². The Morgan fingerprint density at radius 2 is 1.58 bits per heavy atom. The van der Waals surface area contributed by atoms with Crippen molar-refractivity contribution in [3.63, 3.8) is 0 Å². The summed E-state index contributed by atoms with van der Waals surface area (Å²) < 4.78 is 29.0. The Hall–Kier alpha value is -4.67. The number of Topliss-reactive ketones (excluding diaryl/α,β-unsaturated/α-hetero) is 3. The predicted molar refractivity (Wildman–Crippen MR) is 276 cm³/mol. The number of amides is 2. The number of methoxy groups -OCH3 is 2. The van der Waals surface area contributed by atoms with Gasteiger partial charge in [0.15, 0.2) is 5.78 Å². The van der Waals surface area contributed by atoms with E-state index in [9.17, 15) is 54.2 Å². The van der Waals surface area contributed by atoms with Gasteiger partial charge in [-0.2, -0.15) is 5.06 Å². The first-order chi connectivity index (χ1) is 35.7. The lowest BCUT2D eigenvalue weighted by molar-refractivity contribution is -0.306. The van der Waals surface area contributed by atoms with Crippen LogP contribution in [0.4, 0.5) is 4.79 Å². The number of cyclic esters (lactones) is 1.